The van der Waals surface area contributed by atoms with Gasteiger partial charge in [0.25, 0.3) is 0 Å². The van der Waals surface area contributed by atoms with Gasteiger partial charge in [-0.05, 0) is 37.3 Å². The molecule has 1 atom stereocenters. The normalized spacial score (nSPS) is 17.0. The maximum Gasteiger partial charge on any atom is 0.165 e. The summed E-state index contributed by atoms with van der Waals surface area (Å²) in [4.78, 5) is 0. The summed E-state index contributed by atoms with van der Waals surface area (Å²) in [7, 11) is 0. The highest BCUT2D eigenvalue weighted by Crippen LogP contribution is 2.43. The standard InChI is InChI=1S/C11H14FNO.ClH/c1-6-2-5-8(12)11(14)9(6)10(13)7-3-4-7;/h2,5,7,10,14H,3-4,13H2,1H3;1H/t10-;/m0./s1. The van der Waals surface area contributed by atoms with Crippen molar-refractivity contribution in [1.29, 1.82) is 0 Å². The monoisotopic (exact) mass is 231 g/mol. The van der Waals surface area contributed by atoms with Crippen molar-refractivity contribution >= 4 is 12.4 Å². The number of phenolic OH excluding ortho intramolecular Hbond substituents is 1. The van der Waals surface area contributed by atoms with E-state index in [-0.39, 0.29) is 24.2 Å². The number of nitrogens with two attached hydrogens (primary N) is 1. The van der Waals surface area contributed by atoms with Crippen LogP contribution in [-0.4, -0.2) is 5.11 Å². The largest absolute Gasteiger partial charge is 0.505 e. The first-order valence-electron chi connectivity index (χ1n) is 4.85. The molecule has 1 aliphatic rings. The van der Waals surface area contributed by atoms with Crippen molar-refractivity contribution in [3.8, 4) is 5.75 Å². The lowest BCUT2D eigenvalue weighted by atomic mass is 9.97. The highest BCUT2D eigenvalue weighted by Gasteiger charge is 2.32. The fourth-order valence-corrected chi connectivity index (χ4v) is 1.79. The Morgan fingerprint density at radius 3 is 2.60 bits per heavy atom. The van der Waals surface area contributed by atoms with Gasteiger partial charge in [-0.3, -0.25) is 0 Å². The molecule has 84 valence electrons. The average molecular weight is 232 g/mol. The van der Waals surface area contributed by atoms with Crippen molar-refractivity contribution in [1.82, 2.24) is 0 Å². The Morgan fingerprint density at radius 1 is 1.47 bits per heavy atom. The third kappa shape index (κ3) is 2.24. The zero-order valence-corrected chi connectivity index (χ0v) is 9.35. The molecule has 3 N–H and O–H groups in total. The second-order valence-electron chi connectivity index (χ2n) is 3.99. The van der Waals surface area contributed by atoms with Gasteiger partial charge in [0.2, 0.25) is 0 Å². The summed E-state index contributed by atoms with van der Waals surface area (Å²) < 4.78 is 13.1. The molecule has 0 saturated heterocycles. The van der Waals surface area contributed by atoms with Crippen LogP contribution in [0.4, 0.5) is 4.39 Å². The van der Waals surface area contributed by atoms with Crippen molar-refractivity contribution in [2.75, 3.05) is 0 Å². The van der Waals surface area contributed by atoms with E-state index in [1.165, 1.54) is 6.07 Å². The van der Waals surface area contributed by atoms with E-state index < -0.39 is 5.82 Å². The minimum absolute atomic E-state index is 0. The molecule has 0 aliphatic heterocycles. The molecule has 0 radical (unpaired) electrons. The summed E-state index contributed by atoms with van der Waals surface area (Å²) in [5, 5.41) is 9.57. The molecule has 1 aromatic carbocycles. The smallest absolute Gasteiger partial charge is 0.165 e. The van der Waals surface area contributed by atoms with Gasteiger partial charge in [-0.15, -0.1) is 12.4 Å². The Morgan fingerprint density at radius 2 is 2.07 bits per heavy atom. The van der Waals surface area contributed by atoms with Crippen molar-refractivity contribution in [3.05, 3.63) is 29.1 Å². The SMILES string of the molecule is Cc1ccc(F)c(O)c1[C@@H](N)C1CC1.Cl. The van der Waals surface area contributed by atoms with Crippen molar-refractivity contribution in [2.24, 2.45) is 11.7 Å². The van der Waals surface area contributed by atoms with Gasteiger partial charge in [0.15, 0.2) is 11.6 Å². The third-order valence-electron chi connectivity index (χ3n) is 2.85. The molecule has 4 heteroatoms. The van der Waals surface area contributed by atoms with Gasteiger partial charge in [-0.2, -0.15) is 0 Å². The predicted octanol–water partition coefficient (Wildman–Crippen LogP) is 2.67. The summed E-state index contributed by atoms with van der Waals surface area (Å²) in [6, 6.07) is 2.71. The van der Waals surface area contributed by atoms with E-state index in [4.69, 9.17) is 5.73 Å². The van der Waals surface area contributed by atoms with Crippen molar-refractivity contribution in [2.45, 2.75) is 25.8 Å². The molecule has 0 spiro atoms. The lowest BCUT2D eigenvalue weighted by Gasteiger charge is -2.15. The van der Waals surface area contributed by atoms with Gasteiger partial charge >= 0.3 is 0 Å². The van der Waals surface area contributed by atoms with Crippen LogP contribution in [0.2, 0.25) is 0 Å². The van der Waals surface area contributed by atoms with E-state index >= 15 is 0 Å². The molecule has 1 saturated carbocycles. The Labute approximate surface area is 94.7 Å². The zero-order valence-electron chi connectivity index (χ0n) is 8.53. The maximum atomic E-state index is 13.1. The molecule has 0 aromatic heterocycles. The van der Waals surface area contributed by atoms with Crippen LogP contribution >= 0.6 is 12.4 Å². The van der Waals surface area contributed by atoms with Crippen LogP contribution in [0.15, 0.2) is 12.1 Å². The molecule has 0 amide bonds. The number of hydrogen-bond acceptors (Lipinski definition) is 2. The second-order valence-corrected chi connectivity index (χ2v) is 3.99. The molecule has 15 heavy (non-hydrogen) atoms. The number of hydrogen-bond donors (Lipinski definition) is 2. The van der Waals surface area contributed by atoms with Crippen LogP contribution in [0.5, 0.6) is 5.75 Å². The molecular weight excluding hydrogens is 217 g/mol. The minimum Gasteiger partial charge on any atom is -0.505 e. The van der Waals surface area contributed by atoms with Gasteiger partial charge in [-0.25, -0.2) is 4.39 Å². The first kappa shape index (κ1) is 12.3. The zero-order chi connectivity index (χ0) is 10.3. The molecule has 0 unspecified atom stereocenters. The molecule has 2 nitrogen and oxygen atoms in total. The van der Waals surface area contributed by atoms with Gasteiger partial charge in [0.1, 0.15) is 0 Å². The lowest BCUT2D eigenvalue weighted by molar-refractivity contribution is 0.416. The summed E-state index contributed by atoms with van der Waals surface area (Å²) in [5.41, 5.74) is 7.38. The average Bonchev–Trinajstić information content (AvgIpc) is 2.95. The minimum atomic E-state index is -0.582. The Kier molecular flexibility index (Phi) is 3.58. The van der Waals surface area contributed by atoms with Crippen LogP contribution in [0.25, 0.3) is 0 Å². The van der Waals surface area contributed by atoms with E-state index in [0.29, 0.717) is 11.5 Å². The fourth-order valence-electron chi connectivity index (χ4n) is 1.79. The summed E-state index contributed by atoms with van der Waals surface area (Å²) in [6.07, 6.45) is 2.16. The highest BCUT2D eigenvalue weighted by molar-refractivity contribution is 5.85. The van der Waals surface area contributed by atoms with E-state index in [1.807, 2.05) is 6.92 Å². The molecule has 2 rings (SSSR count). The van der Waals surface area contributed by atoms with Crippen LogP contribution in [0.3, 0.4) is 0 Å². The van der Waals surface area contributed by atoms with E-state index in [0.717, 1.165) is 18.4 Å². The Balaban J connectivity index is 0.00000112. The molecule has 0 bridgehead atoms. The van der Waals surface area contributed by atoms with Crippen molar-refractivity contribution in [3.63, 3.8) is 0 Å². The quantitative estimate of drug-likeness (QED) is 0.822. The first-order chi connectivity index (χ1) is 6.61. The lowest BCUT2D eigenvalue weighted by Crippen LogP contribution is -2.14. The van der Waals surface area contributed by atoms with Gasteiger partial charge in [-0.1, -0.05) is 6.07 Å². The van der Waals surface area contributed by atoms with Crippen LogP contribution in [0.1, 0.15) is 30.0 Å². The number of benzene rings is 1. The number of phenols is 1. The Bertz CT molecular complexity index is 366. The molecule has 1 aromatic rings. The number of aromatic hydroxyl groups is 1. The van der Waals surface area contributed by atoms with Gasteiger partial charge in [0, 0.05) is 11.6 Å². The van der Waals surface area contributed by atoms with E-state index in [2.05, 4.69) is 0 Å². The van der Waals surface area contributed by atoms with Crippen molar-refractivity contribution < 1.29 is 9.50 Å². The van der Waals surface area contributed by atoms with Gasteiger partial charge in [0.05, 0.1) is 0 Å². The number of halogens is 2. The molecule has 1 fully saturated rings. The fraction of sp³-hybridized carbons (Fsp3) is 0.455. The summed E-state index contributed by atoms with van der Waals surface area (Å²) in [5.74, 6) is -0.437. The number of rotatable bonds is 2. The third-order valence-corrected chi connectivity index (χ3v) is 2.85. The number of aryl methyl sites for hydroxylation is 1. The van der Waals surface area contributed by atoms with Crippen LogP contribution in [-0.2, 0) is 0 Å². The highest BCUT2D eigenvalue weighted by atomic mass is 35.5. The topological polar surface area (TPSA) is 46.2 Å². The van der Waals surface area contributed by atoms with Crippen LogP contribution < -0.4 is 5.73 Å². The molecule has 1 aliphatic carbocycles. The summed E-state index contributed by atoms with van der Waals surface area (Å²) >= 11 is 0. The van der Waals surface area contributed by atoms with E-state index in [1.54, 1.807) is 6.07 Å². The first-order valence-corrected chi connectivity index (χ1v) is 4.85. The second kappa shape index (κ2) is 4.37. The van der Waals surface area contributed by atoms with Gasteiger partial charge < -0.3 is 10.8 Å². The van der Waals surface area contributed by atoms with E-state index in [9.17, 15) is 9.50 Å². The molecular formula is C11H15ClFNO. The van der Waals surface area contributed by atoms with Crippen LogP contribution in [0, 0.1) is 18.7 Å². The predicted molar refractivity (Wildman–Crippen MR) is 59.7 cm³/mol. The Hall–Kier alpha value is -0.800. The maximum absolute atomic E-state index is 13.1. The molecule has 0 heterocycles. The summed E-state index contributed by atoms with van der Waals surface area (Å²) in [6.45, 7) is 1.84.